The van der Waals surface area contributed by atoms with E-state index < -0.39 is 41.8 Å². The Kier molecular flexibility index (Phi) is 6.98. The fourth-order valence-corrected chi connectivity index (χ4v) is 4.25. The van der Waals surface area contributed by atoms with Crippen molar-refractivity contribution in [2.75, 3.05) is 0 Å². The summed E-state index contributed by atoms with van der Waals surface area (Å²) in [6.45, 7) is 14.9. The predicted octanol–water partition coefficient (Wildman–Crippen LogP) is 3.82. The van der Waals surface area contributed by atoms with Crippen LogP contribution in [0.4, 0.5) is 0 Å². The topological polar surface area (TPSA) is 91.4 Å². The van der Waals surface area contributed by atoms with Crippen molar-refractivity contribution >= 4 is 17.9 Å². The van der Waals surface area contributed by atoms with Gasteiger partial charge in [0.1, 0.15) is 18.3 Å². The Bertz CT molecular complexity index is 870. The van der Waals surface area contributed by atoms with Crippen LogP contribution in [-0.2, 0) is 33.3 Å². The Labute approximate surface area is 189 Å². The number of hydrogen-bond acceptors (Lipinski definition) is 7. The molecule has 0 radical (unpaired) electrons. The van der Waals surface area contributed by atoms with Crippen LogP contribution in [0.25, 0.3) is 0 Å². The van der Waals surface area contributed by atoms with Gasteiger partial charge in [-0.05, 0) is 45.8 Å². The quantitative estimate of drug-likeness (QED) is 0.208. The van der Waals surface area contributed by atoms with E-state index in [4.69, 9.17) is 18.9 Å². The molecule has 0 bridgehead atoms. The van der Waals surface area contributed by atoms with Gasteiger partial charge in [0.05, 0.1) is 23.5 Å². The zero-order chi connectivity index (χ0) is 23.8. The zero-order valence-corrected chi connectivity index (χ0v) is 19.8. The van der Waals surface area contributed by atoms with Crippen molar-refractivity contribution in [1.82, 2.24) is 0 Å². The molecule has 0 N–H and O–H groups in total. The molecular weight excluding hydrogens is 412 g/mol. The van der Waals surface area contributed by atoms with E-state index in [-0.39, 0.29) is 23.6 Å². The fourth-order valence-electron chi connectivity index (χ4n) is 4.25. The van der Waals surface area contributed by atoms with Gasteiger partial charge in [-0.1, -0.05) is 26.5 Å². The van der Waals surface area contributed by atoms with Crippen LogP contribution >= 0.6 is 0 Å². The third kappa shape index (κ3) is 4.82. The maximum Gasteiger partial charge on any atom is 0.334 e. The summed E-state index contributed by atoms with van der Waals surface area (Å²) in [7, 11) is 0. The molecule has 0 unspecified atom stereocenters. The minimum Gasteiger partial charge on any atom is -0.458 e. The van der Waals surface area contributed by atoms with Crippen LogP contribution in [0.2, 0.25) is 0 Å². The third-order valence-electron chi connectivity index (χ3n) is 6.95. The Morgan fingerprint density at radius 2 is 2.06 bits per heavy atom. The number of epoxide rings is 1. The number of allylic oxidation sites excluding steroid dienone is 1. The molecule has 0 aromatic rings. The number of rotatable bonds is 5. The Morgan fingerprint density at radius 3 is 2.69 bits per heavy atom. The second-order valence-electron chi connectivity index (χ2n) is 9.34. The van der Waals surface area contributed by atoms with Crippen LogP contribution in [0.15, 0.2) is 35.5 Å². The molecule has 2 heterocycles. The molecule has 32 heavy (non-hydrogen) atoms. The summed E-state index contributed by atoms with van der Waals surface area (Å²) in [5, 5.41) is 0. The van der Waals surface area contributed by atoms with E-state index in [1.54, 1.807) is 26.0 Å². The monoisotopic (exact) mass is 446 g/mol. The van der Waals surface area contributed by atoms with E-state index in [0.717, 1.165) is 5.57 Å². The summed E-state index contributed by atoms with van der Waals surface area (Å²) in [6.07, 6.45) is 3.09. The standard InChI is InChI=1S/C25H34O7/c1-8-13(3)22(26)29-17-11-20-25(7,32-20)12-19(31-23(27)14(4)9-2)21-16(6)24(28)30-18(21)10-15(17)5/h9-10,13,17-21H,6,8,11-12H2,1-5,7H3/b14-9-,15-10+/t13-,17+,18-,19-,20-,21+,25+/m1/s1. The lowest BCUT2D eigenvalue weighted by atomic mass is 9.82. The van der Waals surface area contributed by atoms with E-state index in [1.165, 1.54) is 0 Å². The number of fused-ring (bicyclic) bond motifs is 2. The maximum atomic E-state index is 12.6. The molecule has 2 fully saturated rings. The van der Waals surface area contributed by atoms with Gasteiger partial charge >= 0.3 is 17.9 Å². The van der Waals surface area contributed by atoms with E-state index in [9.17, 15) is 14.4 Å². The summed E-state index contributed by atoms with van der Waals surface area (Å²) in [4.78, 5) is 37.5. The maximum absolute atomic E-state index is 12.6. The van der Waals surface area contributed by atoms with E-state index in [0.29, 0.717) is 24.8 Å². The summed E-state index contributed by atoms with van der Waals surface area (Å²) in [5.41, 5.74) is 0.957. The molecule has 7 heteroatoms. The summed E-state index contributed by atoms with van der Waals surface area (Å²) in [6, 6.07) is 0. The molecule has 3 rings (SSSR count). The van der Waals surface area contributed by atoms with Gasteiger partial charge in [-0.25, -0.2) is 9.59 Å². The highest BCUT2D eigenvalue weighted by Gasteiger charge is 2.58. The Morgan fingerprint density at radius 1 is 1.38 bits per heavy atom. The second-order valence-corrected chi connectivity index (χ2v) is 9.34. The molecule has 0 saturated carbocycles. The van der Waals surface area contributed by atoms with Crippen LogP contribution < -0.4 is 0 Å². The van der Waals surface area contributed by atoms with Crippen molar-refractivity contribution in [1.29, 1.82) is 0 Å². The van der Waals surface area contributed by atoms with Crippen molar-refractivity contribution in [3.8, 4) is 0 Å². The van der Waals surface area contributed by atoms with Crippen LogP contribution in [0.5, 0.6) is 0 Å². The number of hydrogen-bond donors (Lipinski definition) is 0. The molecule has 176 valence electrons. The van der Waals surface area contributed by atoms with Crippen molar-refractivity contribution in [3.63, 3.8) is 0 Å². The van der Waals surface area contributed by atoms with Crippen LogP contribution in [0.1, 0.15) is 60.8 Å². The zero-order valence-electron chi connectivity index (χ0n) is 19.8. The molecular formula is C25H34O7. The van der Waals surface area contributed by atoms with Gasteiger partial charge in [-0.3, -0.25) is 4.79 Å². The minimum atomic E-state index is -0.664. The van der Waals surface area contributed by atoms with E-state index in [1.807, 2.05) is 27.7 Å². The fraction of sp³-hybridized carbons (Fsp3) is 0.640. The first-order chi connectivity index (χ1) is 15.0. The lowest BCUT2D eigenvalue weighted by molar-refractivity contribution is -0.153. The SMILES string of the molecule is C=C1C(=O)O[C@@H]2/C=C(\C)[C@@H](OC(=O)[C@H](C)CC)C[C@H]3O[C@@]3(C)C[C@@H](OC(=O)/C(C)=C\C)[C@@H]12. The average molecular weight is 447 g/mol. The highest BCUT2D eigenvalue weighted by Crippen LogP contribution is 2.48. The van der Waals surface area contributed by atoms with Crippen molar-refractivity contribution in [2.24, 2.45) is 11.8 Å². The van der Waals surface area contributed by atoms with Gasteiger partial charge in [-0.15, -0.1) is 0 Å². The number of ether oxygens (including phenoxy) is 4. The van der Waals surface area contributed by atoms with Gasteiger partial charge in [0.15, 0.2) is 0 Å². The first-order valence-corrected chi connectivity index (χ1v) is 11.3. The molecule has 0 aromatic carbocycles. The summed E-state index contributed by atoms with van der Waals surface area (Å²) >= 11 is 0. The van der Waals surface area contributed by atoms with Crippen molar-refractivity contribution < 1.29 is 33.3 Å². The lowest BCUT2D eigenvalue weighted by Gasteiger charge is -2.29. The van der Waals surface area contributed by atoms with Crippen molar-refractivity contribution in [3.05, 3.63) is 35.5 Å². The molecule has 2 saturated heterocycles. The van der Waals surface area contributed by atoms with Gasteiger partial charge in [0.2, 0.25) is 0 Å². The van der Waals surface area contributed by atoms with E-state index in [2.05, 4.69) is 6.58 Å². The molecule has 0 amide bonds. The second kappa shape index (κ2) is 9.22. The van der Waals surface area contributed by atoms with Crippen molar-refractivity contribution in [2.45, 2.75) is 90.8 Å². The number of carbonyl (C=O) groups excluding carboxylic acids is 3. The van der Waals surface area contributed by atoms with Crippen LogP contribution in [-0.4, -0.2) is 47.9 Å². The molecule has 2 aliphatic heterocycles. The van der Waals surface area contributed by atoms with Gasteiger partial charge in [-0.2, -0.15) is 0 Å². The first-order valence-electron chi connectivity index (χ1n) is 11.3. The molecule has 3 aliphatic rings. The highest BCUT2D eigenvalue weighted by molar-refractivity contribution is 5.92. The molecule has 7 nitrogen and oxygen atoms in total. The largest absolute Gasteiger partial charge is 0.458 e. The van der Waals surface area contributed by atoms with Gasteiger partial charge < -0.3 is 18.9 Å². The highest BCUT2D eigenvalue weighted by atomic mass is 16.6. The lowest BCUT2D eigenvalue weighted by Crippen LogP contribution is -2.38. The average Bonchev–Trinajstić information content (AvgIpc) is 3.29. The van der Waals surface area contributed by atoms with Gasteiger partial charge in [0.25, 0.3) is 0 Å². The third-order valence-corrected chi connectivity index (χ3v) is 6.95. The van der Waals surface area contributed by atoms with Crippen LogP contribution in [0, 0.1) is 11.8 Å². The molecule has 1 aliphatic carbocycles. The number of esters is 3. The first kappa shape index (κ1) is 24.2. The van der Waals surface area contributed by atoms with Crippen LogP contribution in [0.3, 0.4) is 0 Å². The predicted molar refractivity (Wildman–Crippen MR) is 117 cm³/mol. The molecule has 7 atom stereocenters. The smallest absolute Gasteiger partial charge is 0.334 e. The minimum absolute atomic E-state index is 0.160. The molecule has 0 spiro atoms. The summed E-state index contributed by atoms with van der Waals surface area (Å²) < 4.78 is 23.3. The van der Waals surface area contributed by atoms with Gasteiger partial charge in [0, 0.05) is 24.0 Å². The summed E-state index contributed by atoms with van der Waals surface area (Å²) in [5.74, 6) is -1.97. The van der Waals surface area contributed by atoms with E-state index >= 15 is 0 Å². The normalized spacial score (nSPS) is 37.2. The molecule has 0 aromatic heterocycles. The Balaban J connectivity index is 1.95. The Hall–Kier alpha value is -2.41. The number of carbonyl (C=O) groups is 3.